The van der Waals surface area contributed by atoms with Gasteiger partial charge < -0.3 is 28.6 Å². The van der Waals surface area contributed by atoms with Gasteiger partial charge in [-0.15, -0.1) is 12.4 Å². The molecule has 3 rings (SSSR count). The molecule has 0 N–H and O–H groups in total. The molecule has 2 heterocycles. The van der Waals surface area contributed by atoms with Crippen LogP contribution in [0.2, 0.25) is 0 Å². The van der Waals surface area contributed by atoms with Crippen molar-refractivity contribution < 1.29 is 33.3 Å². The third-order valence-corrected chi connectivity index (χ3v) is 6.42. The molecule has 8 nitrogen and oxygen atoms in total. The first-order chi connectivity index (χ1) is 14.9. The average molecular weight is 474 g/mol. The first-order valence-electron chi connectivity index (χ1n) is 11.2. The quantitative estimate of drug-likeness (QED) is 0.447. The standard InChI is InChI=1S/C23H35NO7.ClH/c1-6-17(23(26)29-12-10-24(7-2)8-3)31-19-15-9-11-28-20(15)22(27-5)21-18(19)16(25)13-14(4)30-21;/h9,11,13,15,17-22H,6-8,10,12H2,1-5H3;1H. The Labute approximate surface area is 196 Å². The summed E-state index contributed by atoms with van der Waals surface area (Å²) in [5, 5.41) is 0. The number of halogens is 1. The van der Waals surface area contributed by atoms with Crippen LogP contribution in [0, 0.1) is 11.8 Å². The molecule has 7 atom stereocenters. The second-order valence-electron chi connectivity index (χ2n) is 8.16. The highest BCUT2D eigenvalue weighted by molar-refractivity contribution is 5.94. The van der Waals surface area contributed by atoms with Gasteiger partial charge >= 0.3 is 5.97 Å². The van der Waals surface area contributed by atoms with Crippen LogP contribution in [0.1, 0.15) is 34.1 Å². The SMILES string of the molecule is CCC(OC1C2C=COC2C(OC)C2OC(C)=CC(=O)C12)C(=O)OCCN(CC)CC.Cl. The molecule has 0 saturated heterocycles. The minimum atomic E-state index is -0.768. The smallest absolute Gasteiger partial charge is 0.335 e. The van der Waals surface area contributed by atoms with Crippen LogP contribution in [0.25, 0.3) is 0 Å². The third-order valence-electron chi connectivity index (χ3n) is 6.42. The summed E-state index contributed by atoms with van der Waals surface area (Å²) in [5.41, 5.74) is 0. The molecule has 2 aliphatic heterocycles. The Morgan fingerprint density at radius 2 is 1.91 bits per heavy atom. The van der Waals surface area contributed by atoms with Gasteiger partial charge in [-0.1, -0.05) is 20.8 Å². The molecule has 182 valence electrons. The molecule has 0 aromatic rings. The van der Waals surface area contributed by atoms with Gasteiger partial charge in [0, 0.05) is 25.6 Å². The number of allylic oxidation sites excluding steroid dienone is 2. The maximum Gasteiger partial charge on any atom is 0.335 e. The van der Waals surface area contributed by atoms with Gasteiger partial charge in [0.1, 0.15) is 24.9 Å². The molecular weight excluding hydrogens is 438 g/mol. The van der Waals surface area contributed by atoms with E-state index in [0.29, 0.717) is 25.3 Å². The molecule has 3 aliphatic rings. The minimum Gasteiger partial charge on any atom is -0.495 e. The summed E-state index contributed by atoms with van der Waals surface area (Å²) >= 11 is 0. The molecule has 9 heteroatoms. The van der Waals surface area contributed by atoms with Crippen molar-refractivity contribution in [2.45, 2.75) is 64.6 Å². The highest BCUT2D eigenvalue weighted by Gasteiger charge is 2.58. The zero-order chi connectivity index (χ0) is 22.5. The lowest BCUT2D eigenvalue weighted by Gasteiger charge is -2.48. The van der Waals surface area contributed by atoms with Crippen molar-refractivity contribution in [3.63, 3.8) is 0 Å². The lowest BCUT2D eigenvalue weighted by atomic mass is 9.71. The van der Waals surface area contributed by atoms with Crippen LogP contribution in [0.5, 0.6) is 0 Å². The predicted molar refractivity (Wildman–Crippen MR) is 120 cm³/mol. The predicted octanol–water partition coefficient (Wildman–Crippen LogP) is 2.50. The van der Waals surface area contributed by atoms with Gasteiger partial charge in [0.05, 0.1) is 24.0 Å². The number of fused-ring (bicyclic) bond motifs is 2. The largest absolute Gasteiger partial charge is 0.495 e. The van der Waals surface area contributed by atoms with Gasteiger partial charge in [0.15, 0.2) is 11.9 Å². The second kappa shape index (κ2) is 12.0. The summed E-state index contributed by atoms with van der Waals surface area (Å²) in [4.78, 5) is 27.9. The summed E-state index contributed by atoms with van der Waals surface area (Å²) in [7, 11) is 1.59. The fourth-order valence-electron chi connectivity index (χ4n) is 4.71. The molecule has 0 amide bonds. The number of ether oxygens (including phenoxy) is 5. The summed E-state index contributed by atoms with van der Waals surface area (Å²) in [6.45, 7) is 10.6. The number of hydrogen-bond donors (Lipinski definition) is 0. The lowest BCUT2D eigenvalue weighted by molar-refractivity contribution is -0.210. The second-order valence-corrected chi connectivity index (χ2v) is 8.16. The Kier molecular flexibility index (Phi) is 10.0. The van der Waals surface area contributed by atoms with Crippen LogP contribution in [0.3, 0.4) is 0 Å². The van der Waals surface area contributed by atoms with Gasteiger partial charge in [0.2, 0.25) is 0 Å². The van der Waals surface area contributed by atoms with Gasteiger partial charge in [-0.2, -0.15) is 0 Å². The fraction of sp³-hybridized carbons (Fsp3) is 0.739. The van der Waals surface area contributed by atoms with Gasteiger partial charge in [-0.05, 0) is 32.5 Å². The number of esters is 1. The molecule has 0 aromatic heterocycles. The number of nitrogens with zero attached hydrogens (tertiary/aromatic N) is 1. The maximum absolute atomic E-state index is 13.0. The number of hydrogen-bond acceptors (Lipinski definition) is 8. The number of ketones is 1. The molecule has 7 unspecified atom stereocenters. The van der Waals surface area contributed by atoms with Crippen molar-refractivity contribution in [3.8, 4) is 0 Å². The van der Waals surface area contributed by atoms with Crippen LogP contribution in [-0.2, 0) is 33.3 Å². The number of carbonyl (C=O) groups excluding carboxylic acids is 2. The van der Waals surface area contributed by atoms with Crippen molar-refractivity contribution in [1.29, 1.82) is 0 Å². The first-order valence-corrected chi connectivity index (χ1v) is 11.2. The zero-order valence-electron chi connectivity index (χ0n) is 19.5. The van der Waals surface area contributed by atoms with Gasteiger partial charge in [-0.25, -0.2) is 4.79 Å². The van der Waals surface area contributed by atoms with Gasteiger partial charge in [0.25, 0.3) is 0 Å². The van der Waals surface area contributed by atoms with E-state index in [0.717, 1.165) is 13.1 Å². The van der Waals surface area contributed by atoms with E-state index in [4.69, 9.17) is 23.7 Å². The third kappa shape index (κ3) is 5.47. The minimum absolute atomic E-state index is 0. The molecular formula is C23H36ClNO7. The molecule has 1 saturated carbocycles. The van der Waals surface area contributed by atoms with E-state index in [-0.39, 0.29) is 30.2 Å². The Hall–Kier alpha value is -1.61. The van der Waals surface area contributed by atoms with Crippen LogP contribution >= 0.6 is 12.4 Å². The van der Waals surface area contributed by atoms with Crippen LogP contribution < -0.4 is 0 Å². The zero-order valence-corrected chi connectivity index (χ0v) is 20.3. The monoisotopic (exact) mass is 473 g/mol. The summed E-state index contributed by atoms with van der Waals surface area (Å²) in [6, 6.07) is 0. The highest BCUT2D eigenvalue weighted by Crippen LogP contribution is 2.44. The molecule has 0 spiro atoms. The fourth-order valence-corrected chi connectivity index (χ4v) is 4.71. The van der Waals surface area contributed by atoms with E-state index < -0.39 is 36.3 Å². The van der Waals surface area contributed by atoms with Crippen molar-refractivity contribution in [2.24, 2.45) is 11.8 Å². The van der Waals surface area contributed by atoms with E-state index in [1.54, 1.807) is 20.3 Å². The molecule has 0 radical (unpaired) electrons. The Balaban J connectivity index is 0.00000363. The lowest BCUT2D eigenvalue weighted by Crippen LogP contribution is -2.62. The summed E-state index contributed by atoms with van der Waals surface area (Å²) in [6.07, 6.45) is 2.80. The maximum atomic E-state index is 13.0. The van der Waals surface area contributed by atoms with E-state index >= 15 is 0 Å². The Bertz CT molecular complexity index is 708. The van der Waals surface area contributed by atoms with E-state index in [1.165, 1.54) is 6.08 Å². The van der Waals surface area contributed by atoms with Crippen molar-refractivity contribution in [2.75, 3.05) is 33.4 Å². The average Bonchev–Trinajstić information content (AvgIpc) is 3.23. The summed E-state index contributed by atoms with van der Waals surface area (Å²) < 4.78 is 29.2. The molecule has 0 bridgehead atoms. The van der Waals surface area contributed by atoms with E-state index in [1.807, 2.05) is 13.0 Å². The van der Waals surface area contributed by atoms with E-state index in [9.17, 15) is 9.59 Å². The van der Waals surface area contributed by atoms with Crippen molar-refractivity contribution >= 4 is 24.2 Å². The Morgan fingerprint density at radius 3 is 2.53 bits per heavy atom. The number of likely N-dealkylation sites (N-methyl/N-ethyl adjacent to an activating group) is 1. The number of methoxy groups -OCH3 is 1. The van der Waals surface area contributed by atoms with Crippen LogP contribution in [-0.4, -0.2) is 80.5 Å². The summed E-state index contributed by atoms with van der Waals surface area (Å²) in [5.74, 6) is -0.749. The number of rotatable bonds is 10. The first kappa shape index (κ1) is 26.6. The molecule has 32 heavy (non-hydrogen) atoms. The van der Waals surface area contributed by atoms with Crippen LogP contribution in [0.15, 0.2) is 24.2 Å². The number of carbonyl (C=O) groups is 2. The molecule has 1 fully saturated rings. The van der Waals surface area contributed by atoms with Crippen molar-refractivity contribution in [3.05, 3.63) is 24.2 Å². The normalized spacial score (nSPS) is 31.6. The highest BCUT2D eigenvalue weighted by atomic mass is 35.5. The Morgan fingerprint density at radius 1 is 1.19 bits per heavy atom. The topological polar surface area (TPSA) is 83.5 Å². The molecule has 1 aliphatic carbocycles. The van der Waals surface area contributed by atoms with E-state index in [2.05, 4.69) is 18.7 Å². The van der Waals surface area contributed by atoms with Crippen LogP contribution in [0.4, 0.5) is 0 Å². The van der Waals surface area contributed by atoms with Crippen molar-refractivity contribution in [1.82, 2.24) is 4.90 Å². The van der Waals surface area contributed by atoms with Gasteiger partial charge in [-0.3, -0.25) is 4.79 Å². The molecule has 0 aromatic carbocycles.